The maximum absolute atomic E-state index is 13.2. The van der Waals surface area contributed by atoms with Gasteiger partial charge in [-0.2, -0.15) is 9.97 Å². The van der Waals surface area contributed by atoms with E-state index < -0.39 is 65.2 Å². The summed E-state index contributed by atoms with van der Waals surface area (Å²) in [5, 5.41) is 35.6. The number of unbranched alkanes of at least 4 members (excludes halogenated alkanes) is 2. The van der Waals surface area contributed by atoms with Gasteiger partial charge in [-0.25, -0.2) is 19.6 Å². The Morgan fingerprint density at radius 1 is 0.754 bits per heavy atom. The van der Waals surface area contributed by atoms with Crippen molar-refractivity contribution < 1.29 is 53.4 Å². The molecule has 24 heteroatoms. The van der Waals surface area contributed by atoms with Gasteiger partial charge in [-0.15, -0.1) is 0 Å². The Labute approximate surface area is 394 Å². The molecule has 12 N–H and O–H groups in total. The van der Waals surface area contributed by atoms with Crippen molar-refractivity contribution in [3.8, 4) is 0 Å². The first-order valence-electron chi connectivity index (χ1n) is 21.8. The maximum Gasteiger partial charge on any atom is 0.336 e. The Morgan fingerprint density at radius 2 is 1.45 bits per heavy atom. The number of carboxylic acid groups (broad SMARTS) is 2. The number of benzene rings is 2. The highest BCUT2D eigenvalue weighted by Crippen LogP contribution is 2.19. The minimum absolute atomic E-state index is 0.00814. The molecule has 24 nitrogen and oxygen atoms in total. The van der Waals surface area contributed by atoms with Crippen LogP contribution in [-0.4, -0.2) is 120 Å². The van der Waals surface area contributed by atoms with Crippen molar-refractivity contribution in [1.82, 2.24) is 46.1 Å². The van der Waals surface area contributed by atoms with Crippen LogP contribution in [0.3, 0.4) is 0 Å². The normalized spacial score (nSPS) is 13.4. The monoisotopic (exact) mass is 951 g/mol. The van der Waals surface area contributed by atoms with Gasteiger partial charge in [0.2, 0.25) is 23.7 Å². The maximum atomic E-state index is 13.2. The molecule has 0 saturated heterocycles. The van der Waals surface area contributed by atoms with Crippen LogP contribution in [0.25, 0.3) is 11.2 Å². The second-order valence-corrected chi connectivity index (χ2v) is 16.2. The van der Waals surface area contributed by atoms with Crippen molar-refractivity contribution in [3.63, 3.8) is 0 Å². The van der Waals surface area contributed by atoms with Crippen molar-refractivity contribution >= 4 is 87.6 Å². The molecule has 3 atom stereocenters. The molecule has 69 heavy (non-hydrogen) atoms. The van der Waals surface area contributed by atoms with Crippen LogP contribution in [0.5, 0.6) is 0 Å². The van der Waals surface area contributed by atoms with E-state index in [0.29, 0.717) is 36.2 Å². The fourth-order valence-corrected chi connectivity index (χ4v) is 6.88. The largest absolute Gasteiger partial charge is 0.480 e. The van der Waals surface area contributed by atoms with Crippen LogP contribution in [-0.2, 0) is 35.3 Å². The fourth-order valence-electron chi connectivity index (χ4n) is 6.88. The molecule has 4 aromatic rings. The molecule has 0 bridgehead atoms. The number of aromatic nitrogens is 4. The Balaban J connectivity index is 1.04. The van der Waals surface area contributed by atoms with E-state index in [1.165, 1.54) is 49.5 Å². The number of nitrogens with one attached hydrogen (secondary N) is 6. The number of nitrogens with two attached hydrogens (primary N) is 2. The average molecular weight is 952 g/mol. The summed E-state index contributed by atoms with van der Waals surface area (Å²) in [4.78, 5) is 130. The third-order valence-corrected chi connectivity index (χ3v) is 10.6. The summed E-state index contributed by atoms with van der Waals surface area (Å²) in [5.74, 6) is -7.02. The van der Waals surface area contributed by atoms with Crippen LogP contribution >= 0.6 is 0 Å². The minimum atomic E-state index is -1.48. The third kappa shape index (κ3) is 14.5. The number of carbonyl (C=O) groups is 9. The van der Waals surface area contributed by atoms with E-state index in [4.69, 9.17) is 11.5 Å². The highest BCUT2D eigenvalue weighted by Gasteiger charge is 2.28. The number of carbonyl (C=O) groups excluding carboxylic acids is 7. The molecule has 0 spiro atoms. The SMILES string of the molecule is CC(C)[C@H](NC(=O)CCCCCN1C(=O)C=CC1=O)C(=O)N[C@@H](C)C(=O)Nc1ccc(C(=O)NCCC[C@H](NC(=O)c2ccc(NCc3cnc4nc(N)nc(N)c4n3)cc2)C(=O)O)c(C(=O)O)c1. The lowest BCUT2D eigenvalue weighted by Crippen LogP contribution is -2.53. The van der Waals surface area contributed by atoms with E-state index >= 15 is 0 Å². The van der Waals surface area contributed by atoms with Gasteiger partial charge in [-0.3, -0.25) is 38.5 Å². The molecule has 3 heterocycles. The summed E-state index contributed by atoms with van der Waals surface area (Å²) in [7, 11) is 0. The van der Waals surface area contributed by atoms with Crippen LogP contribution in [0, 0.1) is 5.92 Å². The summed E-state index contributed by atoms with van der Waals surface area (Å²) < 4.78 is 0. The van der Waals surface area contributed by atoms with Crippen molar-refractivity contribution in [2.75, 3.05) is 35.2 Å². The molecule has 1 aliphatic heterocycles. The van der Waals surface area contributed by atoms with Gasteiger partial charge >= 0.3 is 11.9 Å². The molecular weight excluding hydrogens is 899 g/mol. The van der Waals surface area contributed by atoms with Gasteiger partial charge in [0.05, 0.1) is 29.6 Å². The minimum Gasteiger partial charge on any atom is -0.480 e. The van der Waals surface area contributed by atoms with E-state index in [1.807, 2.05) is 0 Å². The average Bonchev–Trinajstić information content (AvgIpc) is 3.63. The zero-order valence-corrected chi connectivity index (χ0v) is 37.9. The number of aliphatic carboxylic acids is 1. The van der Waals surface area contributed by atoms with Crippen LogP contribution in [0.2, 0.25) is 0 Å². The fraction of sp³-hybridized carbons (Fsp3) is 0.356. The number of nitrogens with zero attached hydrogens (tertiary/aromatic N) is 5. The van der Waals surface area contributed by atoms with Gasteiger partial charge in [0.1, 0.15) is 18.1 Å². The molecule has 0 saturated carbocycles. The first-order valence-corrected chi connectivity index (χ1v) is 21.8. The third-order valence-electron chi connectivity index (χ3n) is 10.6. The number of nitrogen functional groups attached to an aromatic ring is 2. The van der Waals surface area contributed by atoms with E-state index in [0.717, 1.165) is 11.0 Å². The molecular formula is C45H53N13O11. The van der Waals surface area contributed by atoms with Gasteiger partial charge in [0.25, 0.3) is 23.6 Å². The molecule has 2 aromatic carbocycles. The molecule has 1 aliphatic rings. The zero-order chi connectivity index (χ0) is 50.4. The van der Waals surface area contributed by atoms with Crippen LogP contribution in [0.1, 0.15) is 96.1 Å². The summed E-state index contributed by atoms with van der Waals surface area (Å²) >= 11 is 0. The lowest BCUT2D eigenvalue weighted by molar-refractivity contribution is -0.139. The Morgan fingerprint density at radius 3 is 2.12 bits per heavy atom. The first-order chi connectivity index (χ1) is 32.8. The second kappa shape index (κ2) is 23.7. The molecule has 364 valence electrons. The first kappa shape index (κ1) is 51.4. The van der Waals surface area contributed by atoms with E-state index in [9.17, 15) is 53.4 Å². The second-order valence-electron chi connectivity index (χ2n) is 16.2. The lowest BCUT2D eigenvalue weighted by atomic mass is 10.0. The predicted molar refractivity (Wildman–Crippen MR) is 249 cm³/mol. The number of hydrogen-bond donors (Lipinski definition) is 10. The van der Waals surface area contributed by atoms with Gasteiger partial charge in [0.15, 0.2) is 17.0 Å². The van der Waals surface area contributed by atoms with Crippen LogP contribution in [0.4, 0.5) is 23.1 Å². The molecule has 0 fully saturated rings. The van der Waals surface area contributed by atoms with E-state index in [1.54, 1.807) is 26.0 Å². The highest BCUT2D eigenvalue weighted by atomic mass is 16.4. The number of imide groups is 1. The van der Waals surface area contributed by atoms with E-state index in [2.05, 4.69) is 51.8 Å². The topological polar surface area (TPSA) is 373 Å². The lowest BCUT2D eigenvalue weighted by Gasteiger charge is -2.24. The number of aromatic carboxylic acids is 1. The van der Waals surface area contributed by atoms with Gasteiger partial charge in [0, 0.05) is 48.6 Å². The number of carboxylic acids is 2. The molecule has 2 aromatic heterocycles. The number of fused-ring (bicyclic) bond motifs is 1. The number of anilines is 4. The van der Waals surface area contributed by atoms with Crippen molar-refractivity contribution in [3.05, 3.63) is 83.2 Å². The van der Waals surface area contributed by atoms with Crippen molar-refractivity contribution in [1.29, 1.82) is 0 Å². The number of amides is 7. The van der Waals surface area contributed by atoms with Crippen molar-refractivity contribution in [2.45, 2.75) is 84.0 Å². The van der Waals surface area contributed by atoms with Crippen LogP contribution < -0.4 is 43.4 Å². The molecule has 0 unspecified atom stereocenters. The highest BCUT2D eigenvalue weighted by molar-refractivity contribution is 6.13. The predicted octanol–water partition coefficient (Wildman–Crippen LogP) is 1.36. The Bertz CT molecular complexity index is 2640. The molecule has 0 aliphatic carbocycles. The molecule has 7 amide bonds. The van der Waals surface area contributed by atoms with Crippen LogP contribution in [0.15, 0.2) is 60.8 Å². The van der Waals surface area contributed by atoms with Gasteiger partial charge < -0.3 is 53.6 Å². The Hall–Kier alpha value is -8.57. The molecule has 5 rings (SSSR count). The molecule has 0 radical (unpaired) electrons. The summed E-state index contributed by atoms with van der Waals surface area (Å²) in [5.41, 5.74) is 12.7. The standard InChI is InChI=1S/C45H53N13O11/c1-23(2)35(55-32(59)9-5-4-6-19-58-33(60)16-17-34(58)61)42(65)51-24(3)39(62)53-27-14-15-29(30(20-27)43(66)67)41(64)48-18-7-8-31(44(68)69)54-40(63)25-10-12-26(13-11-25)49-21-28-22-50-38-36(52-28)37(46)56-45(47)57-38/h10-17,20,22-24,31,35,49H,4-9,18-19,21H2,1-3H3,(H,48,64)(H,51,65)(H,53,62)(H,54,63)(H,55,59)(H,66,67)(H,68,69)(H4,46,47,50,56,57)/t24-,31-,35-/m0/s1. The Kier molecular flexibility index (Phi) is 17.7. The van der Waals surface area contributed by atoms with E-state index in [-0.39, 0.29) is 90.9 Å². The smallest absolute Gasteiger partial charge is 0.336 e. The van der Waals surface area contributed by atoms with Crippen molar-refractivity contribution in [2.24, 2.45) is 5.92 Å². The van der Waals surface area contributed by atoms with Gasteiger partial charge in [-0.05, 0) is 81.0 Å². The summed E-state index contributed by atoms with van der Waals surface area (Å²) in [6.45, 7) is 5.22. The van der Waals surface area contributed by atoms with Gasteiger partial charge in [-0.1, -0.05) is 20.3 Å². The number of hydrogen-bond acceptors (Lipinski definition) is 16. The number of rotatable bonds is 24. The zero-order valence-electron chi connectivity index (χ0n) is 37.9. The summed E-state index contributed by atoms with van der Waals surface area (Å²) in [6, 6.07) is 6.34. The summed E-state index contributed by atoms with van der Waals surface area (Å²) in [6.07, 6.45) is 5.51. The quantitative estimate of drug-likeness (QED) is 0.0350.